The van der Waals surface area contributed by atoms with Crippen LogP contribution in [-0.4, -0.2) is 19.1 Å². The van der Waals surface area contributed by atoms with Gasteiger partial charge in [0.1, 0.15) is 11.5 Å². The molecule has 1 aliphatic rings. The molecule has 0 atom stereocenters. The number of benzene rings is 10. The van der Waals surface area contributed by atoms with Gasteiger partial charge in [0, 0.05) is 55.2 Å². The summed E-state index contributed by atoms with van der Waals surface area (Å²) < 4.78 is 11.4. The minimum atomic E-state index is 0.604. The molecule has 5 nitrogen and oxygen atoms in total. The van der Waals surface area contributed by atoms with Crippen LogP contribution in [0.3, 0.4) is 0 Å². The highest BCUT2D eigenvalue weighted by atomic mass is 16.5. The lowest BCUT2D eigenvalue weighted by atomic mass is 9.92. The van der Waals surface area contributed by atoms with Crippen molar-refractivity contribution in [1.29, 1.82) is 0 Å². The Morgan fingerprint density at radius 2 is 0.923 bits per heavy atom. The van der Waals surface area contributed by atoms with Crippen LogP contribution < -0.4 is 4.74 Å². The van der Waals surface area contributed by atoms with Crippen LogP contribution in [0.5, 0.6) is 11.5 Å². The molecule has 0 fully saturated rings. The molecule has 0 bridgehead atoms. The number of nitrogens with zero attached hydrogens (tertiary/aromatic N) is 4. The molecule has 0 unspecified atom stereocenters. The van der Waals surface area contributed by atoms with Gasteiger partial charge in [0.05, 0.1) is 33.3 Å². The molecule has 0 radical (unpaired) electrons. The number of para-hydroxylation sites is 4. The van der Waals surface area contributed by atoms with Crippen molar-refractivity contribution in [2.75, 3.05) is 0 Å². The molecule has 0 aliphatic carbocycles. The summed E-state index contributed by atoms with van der Waals surface area (Å²) in [4.78, 5) is 10.9. The van der Waals surface area contributed by atoms with Gasteiger partial charge in [-0.05, 0) is 87.8 Å². The highest BCUT2D eigenvalue weighted by molar-refractivity contribution is 6.26. The van der Waals surface area contributed by atoms with Crippen LogP contribution in [0, 0.1) is 0 Å². The van der Waals surface area contributed by atoms with Gasteiger partial charge in [0.2, 0.25) is 5.95 Å². The van der Waals surface area contributed by atoms with Crippen molar-refractivity contribution < 1.29 is 4.74 Å². The second-order valence-electron chi connectivity index (χ2n) is 16.9. The first-order chi connectivity index (χ1) is 32.2. The lowest BCUT2D eigenvalue weighted by Crippen LogP contribution is -2.04. The molecular weight excluding hydrogens is 793 g/mol. The Kier molecular flexibility index (Phi) is 7.62. The Morgan fingerprint density at radius 1 is 0.323 bits per heavy atom. The third-order valence-electron chi connectivity index (χ3n) is 13.3. The number of fused-ring (bicyclic) bond motifs is 10. The zero-order chi connectivity index (χ0) is 42.6. The summed E-state index contributed by atoms with van der Waals surface area (Å²) in [5.74, 6) is 2.28. The Labute approximate surface area is 373 Å². The van der Waals surface area contributed by atoms with E-state index in [0.29, 0.717) is 5.95 Å². The third-order valence-corrected chi connectivity index (χ3v) is 13.3. The largest absolute Gasteiger partial charge is 0.456 e. The van der Waals surface area contributed by atoms with Gasteiger partial charge in [0.15, 0.2) is 0 Å². The minimum absolute atomic E-state index is 0.604. The van der Waals surface area contributed by atoms with Gasteiger partial charge in [-0.3, -0.25) is 4.57 Å². The van der Waals surface area contributed by atoms with Crippen LogP contribution >= 0.6 is 0 Å². The SMILES string of the molecule is c1ccc(-c2ccc(-c3nc(-n4c5ccc(-c6ccc7c(c6)c6ccccc6n7-c6ccccc6)cc5c5c6cccc7c6c(cc54)Oc4ccccc4-7)nc4ccccc34)cc2)cc1. The predicted molar refractivity (Wildman–Crippen MR) is 268 cm³/mol. The summed E-state index contributed by atoms with van der Waals surface area (Å²) in [6.45, 7) is 0. The molecule has 0 saturated carbocycles. The molecule has 0 saturated heterocycles. The van der Waals surface area contributed by atoms with Crippen molar-refractivity contribution in [3.05, 3.63) is 218 Å². The minimum Gasteiger partial charge on any atom is -0.456 e. The Hall–Kier alpha value is -8.80. The second kappa shape index (κ2) is 13.9. The van der Waals surface area contributed by atoms with E-state index in [1.165, 1.54) is 32.9 Å². The number of ether oxygens (including phenoxy) is 1. The van der Waals surface area contributed by atoms with Crippen LogP contribution in [0.25, 0.3) is 122 Å². The average molecular weight is 829 g/mol. The zero-order valence-corrected chi connectivity index (χ0v) is 35.0. The van der Waals surface area contributed by atoms with Crippen LogP contribution in [0.15, 0.2) is 218 Å². The highest BCUT2D eigenvalue weighted by Crippen LogP contribution is 2.51. The van der Waals surface area contributed by atoms with Crippen molar-refractivity contribution in [3.8, 4) is 67.8 Å². The molecule has 3 aromatic heterocycles. The molecule has 13 aromatic rings. The van der Waals surface area contributed by atoms with Crippen molar-refractivity contribution in [2.45, 2.75) is 0 Å². The van der Waals surface area contributed by atoms with E-state index in [1.54, 1.807) is 0 Å². The molecule has 0 amide bonds. The summed E-state index contributed by atoms with van der Waals surface area (Å²) >= 11 is 0. The fourth-order valence-corrected chi connectivity index (χ4v) is 10.4. The van der Waals surface area contributed by atoms with E-state index >= 15 is 0 Å². The number of hydrogen-bond acceptors (Lipinski definition) is 3. The van der Waals surface area contributed by atoms with Crippen LogP contribution in [0.2, 0.25) is 0 Å². The molecule has 65 heavy (non-hydrogen) atoms. The topological polar surface area (TPSA) is 44.9 Å². The summed E-state index contributed by atoms with van der Waals surface area (Å²) in [5, 5.41) is 7.94. The lowest BCUT2D eigenvalue weighted by Gasteiger charge is -2.22. The van der Waals surface area contributed by atoms with Gasteiger partial charge >= 0.3 is 0 Å². The quantitative estimate of drug-likeness (QED) is 0.174. The number of aromatic nitrogens is 4. The fraction of sp³-hybridized carbons (Fsp3) is 0. The maximum atomic E-state index is 6.80. The van der Waals surface area contributed by atoms with E-state index in [2.05, 4.69) is 221 Å². The first-order valence-electron chi connectivity index (χ1n) is 22.1. The zero-order valence-electron chi connectivity index (χ0n) is 35.0. The van der Waals surface area contributed by atoms with Crippen molar-refractivity contribution in [1.82, 2.24) is 19.1 Å². The highest BCUT2D eigenvalue weighted by Gasteiger charge is 2.26. The Balaban J connectivity index is 1.03. The van der Waals surface area contributed by atoms with Crippen molar-refractivity contribution in [3.63, 3.8) is 0 Å². The summed E-state index contributed by atoms with van der Waals surface area (Å²) in [6, 6.07) is 77.8. The molecule has 10 aromatic carbocycles. The average Bonchev–Trinajstić information content (AvgIpc) is 3.89. The van der Waals surface area contributed by atoms with Crippen LogP contribution in [0.4, 0.5) is 0 Å². The molecule has 14 rings (SSSR count). The van der Waals surface area contributed by atoms with Gasteiger partial charge in [0.25, 0.3) is 0 Å². The standard InChI is InChI=1S/C60H36N4O/c1-3-14-37(15-4-1)38-26-28-39(29-27-38)59-46-20-7-10-23-50(46)61-60(62-59)64-53-33-31-41(40-30-32-52-48(34-40)43-18-8-11-24-51(43)63(52)42-16-5-2-6-17-42)35-49(53)57-47-22-13-21-45-44-19-9-12-25-55(44)65-56(58(45)47)36-54(57)64/h1-36H. The maximum absolute atomic E-state index is 6.80. The van der Waals surface area contributed by atoms with E-state index in [1.807, 2.05) is 6.07 Å². The Morgan fingerprint density at radius 3 is 1.75 bits per heavy atom. The summed E-state index contributed by atoms with van der Waals surface area (Å²) in [6.07, 6.45) is 0. The molecule has 1 aliphatic heterocycles. The van der Waals surface area contributed by atoms with E-state index in [0.717, 1.165) is 94.2 Å². The number of hydrogen-bond donors (Lipinski definition) is 0. The molecular formula is C60H36N4O. The monoisotopic (exact) mass is 828 g/mol. The molecule has 0 N–H and O–H groups in total. The first-order valence-corrected chi connectivity index (χ1v) is 22.1. The van der Waals surface area contributed by atoms with Crippen LogP contribution in [-0.2, 0) is 0 Å². The summed E-state index contributed by atoms with van der Waals surface area (Å²) in [7, 11) is 0. The first kappa shape index (κ1) is 35.8. The third kappa shape index (κ3) is 5.39. The lowest BCUT2D eigenvalue weighted by molar-refractivity contribution is 0.487. The normalized spacial score (nSPS) is 12.1. The van der Waals surface area contributed by atoms with Gasteiger partial charge in [-0.25, -0.2) is 9.97 Å². The van der Waals surface area contributed by atoms with Gasteiger partial charge < -0.3 is 9.30 Å². The van der Waals surface area contributed by atoms with Crippen LogP contribution in [0.1, 0.15) is 0 Å². The number of rotatable bonds is 5. The van der Waals surface area contributed by atoms with Gasteiger partial charge in [-0.15, -0.1) is 0 Å². The van der Waals surface area contributed by atoms with Gasteiger partial charge in [-0.1, -0.05) is 158 Å². The van der Waals surface area contributed by atoms with E-state index < -0.39 is 0 Å². The molecule has 0 spiro atoms. The van der Waals surface area contributed by atoms with E-state index in [4.69, 9.17) is 14.7 Å². The molecule has 302 valence electrons. The maximum Gasteiger partial charge on any atom is 0.235 e. The second-order valence-corrected chi connectivity index (χ2v) is 16.9. The fourth-order valence-electron chi connectivity index (χ4n) is 10.4. The predicted octanol–water partition coefficient (Wildman–Crippen LogP) is 15.8. The van der Waals surface area contributed by atoms with E-state index in [-0.39, 0.29) is 0 Å². The smallest absolute Gasteiger partial charge is 0.235 e. The molecule has 4 heterocycles. The van der Waals surface area contributed by atoms with Crippen molar-refractivity contribution in [2.24, 2.45) is 0 Å². The van der Waals surface area contributed by atoms with Crippen molar-refractivity contribution >= 4 is 65.3 Å². The van der Waals surface area contributed by atoms with Gasteiger partial charge in [-0.2, -0.15) is 0 Å². The van der Waals surface area contributed by atoms with E-state index in [9.17, 15) is 0 Å². The molecule has 5 heteroatoms. The Bertz CT molecular complexity index is 4070. The summed E-state index contributed by atoms with van der Waals surface area (Å²) in [5.41, 5.74) is 15.2.